The molecule has 1 aromatic heterocycles. The van der Waals surface area contributed by atoms with E-state index in [1.807, 2.05) is 37.3 Å². The Kier molecular flexibility index (Phi) is 7.10. The molecule has 178 valence electrons. The minimum absolute atomic E-state index is 0.00860. The molecule has 0 spiro atoms. The highest BCUT2D eigenvalue weighted by atomic mass is 19.3. The lowest BCUT2D eigenvalue weighted by Gasteiger charge is -2.19. The number of hydrogen-bond donors (Lipinski definition) is 0. The molecule has 2 aromatic rings. The molecular formula is C25H29F3N2O3. The summed E-state index contributed by atoms with van der Waals surface area (Å²) in [5.41, 5.74) is 0.899. The molecule has 0 amide bonds. The van der Waals surface area contributed by atoms with Crippen molar-refractivity contribution in [2.75, 3.05) is 31.3 Å². The molecule has 0 bridgehead atoms. The molecule has 0 N–H and O–H groups in total. The maximum atomic E-state index is 12.9. The quantitative estimate of drug-likeness (QED) is 0.460. The summed E-state index contributed by atoms with van der Waals surface area (Å²) in [5, 5.41) is 0. The van der Waals surface area contributed by atoms with Crippen molar-refractivity contribution in [2.24, 2.45) is 5.92 Å². The van der Waals surface area contributed by atoms with E-state index in [1.54, 1.807) is 12.3 Å². The Morgan fingerprint density at radius 3 is 2.58 bits per heavy atom. The third-order valence-corrected chi connectivity index (χ3v) is 6.32. The molecule has 4 rings (SSSR count). The lowest BCUT2D eigenvalue weighted by molar-refractivity contribution is -0.120. The van der Waals surface area contributed by atoms with Crippen molar-refractivity contribution in [3.05, 3.63) is 48.2 Å². The Morgan fingerprint density at radius 1 is 1.21 bits per heavy atom. The summed E-state index contributed by atoms with van der Waals surface area (Å²) < 4.78 is 49.7. The van der Waals surface area contributed by atoms with Crippen LogP contribution in [0.1, 0.15) is 44.1 Å². The maximum Gasteiger partial charge on any atom is 0.255 e. The molecule has 33 heavy (non-hydrogen) atoms. The number of ketones is 1. The number of nitrogens with zero attached hydrogens (tertiary/aromatic N) is 2. The van der Waals surface area contributed by atoms with Crippen LogP contribution in [0.4, 0.5) is 19.0 Å². The van der Waals surface area contributed by atoms with Gasteiger partial charge in [-0.15, -0.1) is 0 Å². The van der Waals surface area contributed by atoms with Crippen molar-refractivity contribution in [1.29, 1.82) is 0 Å². The van der Waals surface area contributed by atoms with E-state index in [0.717, 1.165) is 30.1 Å². The molecule has 2 unspecified atom stereocenters. The highest BCUT2D eigenvalue weighted by Crippen LogP contribution is 2.48. The molecular weight excluding hydrogens is 433 g/mol. The zero-order valence-corrected chi connectivity index (χ0v) is 18.7. The van der Waals surface area contributed by atoms with Gasteiger partial charge in [0.25, 0.3) is 5.92 Å². The Bertz CT molecular complexity index is 937. The maximum absolute atomic E-state index is 12.9. The molecule has 2 aliphatic rings. The number of pyridine rings is 1. The van der Waals surface area contributed by atoms with Gasteiger partial charge in [-0.3, -0.25) is 9.18 Å². The molecule has 1 aliphatic carbocycles. The number of ether oxygens (including phenoxy) is 2. The van der Waals surface area contributed by atoms with Crippen LogP contribution in [0.15, 0.2) is 42.6 Å². The molecule has 1 aromatic carbocycles. The second kappa shape index (κ2) is 10.0. The summed E-state index contributed by atoms with van der Waals surface area (Å²) in [7, 11) is 0. The highest BCUT2D eigenvalue weighted by Gasteiger charge is 2.57. The first-order valence-electron chi connectivity index (χ1n) is 11.4. The fourth-order valence-electron chi connectivity index (χ4n) is 4.00. The van der Waals surface area contributed by atoms with E-state index in [0.29, 0.717) is 12.3 Å². The topological polar surface area (TPSA) is 51.7 Å². The average Bonchev–Trinajstić information content (AvgIpc) is 3.19. The summed E-state index contributed by atoms with van der Waals surface area (Å²) in [6.45, 7) is 2.86. The van der Waals surface area contributed by atoms with Gasteiger partial charge in [0.05, 0.1) is 31.9 Å². The standard InChI is InChI=1S/C25H29F3N2O3/c1-17(23(31)3-2-11-26)18-4-6-20(7-5-18)33-22-10-12-30(15-22)24-9-8-21(14-29-24)32-16-19-13-25(19,27)28/h4-9,14,17,19,22H,2-3,10-13,15-16H2,1H3/t17?,19?,22-/m1/s1. The first-order chi connectivity index (χ1) is 15.9. The van der Waals surface area contributed by atoms with Gasteiger partial charge < -0.3 is 14.4 Å². The van der Waals surface area contributed by atoms with Crippen LogP contribution in [-0.4, -0.2) is 49.2 Å². The second-order valence-electron chi connectivity index (χ2n) is 8.85. The van der Waals surface area contributed by atoms with Crippen molar-refractivity contribution < 1.29 is 27.4 Å². The van der Waals surface area contributed by atoms with Crippen LogP contribution in [0.25, 0.3) is 0 Å². The molecule has 1 saturated heterocycles. The van der Waals surface area contributed by atoms with Crippen LogP contribution in [-0.2, 0) is 4.79 Å². The van der Waals surface area contributed by atoms with Crippen LogP contribution in [0.3, 0.4) is 0 Å². The lowest BCUT2D eigenvalue weighted by atomic mass is 9.94. The third kappa shape index (κ3) is 5.97. The van der Waals surface area contributed by atoms with Gasteiger partial charge in [-0.2, -0.15) is 0 Å². The van der Waals surface area contributed by atoms with E-state index >= 15 is 0 Å². The smallest absolute Gasteiger partial charge is 0.255 e. The van der Waals surface area contributed by atoms with E-state index in [2.05, 4.69) is 9.88 Å². The number of anilines is 1. The van der Waals surface area contributed by atoms with Gasteiger partial charge in [-0.05, 0) is 36.2 Å². The molecule has 2 heterocycles. The first-order valence-corrected chi connectivity index (χ1v) is 11.4. The predicted molar refractivity (Wildman–Crippen MR) is 119 cm³/mol. The zero-order valence-electron chi connectivity index (χ0n) is 18.7. The monoisotopic (exact) mass is 462 g/mol. The van der Waals surface area contributed by atoms with Gasteiger partial charge in [0.1, 0.15) is 29.2 Å². The highest BCUT2D eigenvalue weighted by molar-refractivity contribution is 5.85. The van der Waals surface area contributed by atoms with Crippen molar-refractivity contribution in [3.8, 4) is 11.5 Å². The van der Waals surface area contributed by atoms with Crippen LogP contribution in [0, 0.1) is 5.92 Å². The van der Waals surface area contributed by atoms with Gasteiger partial charge in [-0.25, -0.2) is 13.8 Å². The molecule has 0 radical (unpaired) electrons. The number of hydrogen-bond acceptors (Lipinski definition) is 5. The molecule has 1 aliphatic heterocycles. The van der Waals surface area contributed by atoms with Crippen LogP contribution in [0.2, 0.25) is 0 Å². The zero-order chi connectivity index (χ0) is 23.4. The summed E-state index contributed by atoms with van der Waals surface area (Å²) in [5.74, 6) is -1.46. The molecule has 1 saturated carbocycles. The van der Waals surface area contributed by atoms with Crippen molar-refractivity contribution in [1.82, 2.24) is 4.98 Å². The molecule has 3 atom stereocenters. The van der Waals surface area contributed by atoms with Crippen LogP contribution in [0.5, 0.6) is 11.5 Å². The Morgan fingerprint density at radius 2 is 1.94 bits per heavy atom. The fraction of sp³-hybridized carbons (Fsp3) is 0.520. The second-order valence-corrected chi connectivity index (χ2v) is 8.85. The minimum atomic E-state index is -2.58. The minimum Gasteiger partial charge on any atom is -0.491 e. The summed E-state index contributed by atoms with van der Waals surface area (Å²) in [6, 6.07) is 11.1. The largest absolute Gasteiger partial charge is 0.491 e. The van der Waals surface area contributed by atoms with E-state index in [1.165, 1.54) is 0 Å². The van der Waals surface area contributed by atoms with Gasteiger partial charge in [0.2, 0.25) is 0 Å². The number of carbonyl (C=O) groups excluding carboxylic acids is 1. The van der Waals surface area contributed by atoms with Crippen LogP contribution >= 0.6 is 0 Å². The Labute approximate surface area is 191 Å². The lowest BCUT2D eigenvalue weighted by Crippen LogP contribution is -2.25. The van der Waals surface area contributed by atoms with E-state index < -0.39 is 18.5 Å². The number of halogens is 3. The number of aromatic nitrogens is 1. The van der Waals surface area contributed by atoms with Crippen LogP contribution < -0.4 is 14.4 Å². The first kappa shape index (κ1) is 23.4. The van der Waals surface area contributed by atoms with E-state index in [-0.39, 0.29) is 43.7 Å². The number of alkyl halides is 3. The number of carbonyl (C=O) groups is 1. The SMILES string of the molecule is CC(C(=O)CCCF)c1ccc(O[C@@H]2CCN(c3ccc(OCC4CC4(F)F)cn3)C2)cc1. The van der Waals surface area contributed by atoms with Gasteiger partial charge in [0, 0.05) is 31.7 Å². The third-order valence-electron chi connectivity index (χ3n) is 6.32. The summed E-state index contributed by atoms with van der Waals surface area (Å²) in [4.78, 5) is 18.6. The molecule has 8 heteroatoms. The molecule has 5 nitrogen and oxygen atoms in total. The van der Waals surface area contributed by atoms with E-state index in [9.17, 15) is 18.0 Å². The molecule has 2 fully saturated rings. The van der Waals surface area contributed by atoms with E-state index in [4.69, 9.17) is 9.47 Å². The average molecular weight is 463 g/mol. The van der Waals surface area contributed by atoms with Crippen molar-refractivity contribution in [3.63, 3.8) is 0 Å². The number of rotatable bonds is 11. The summed E-state index contributed by atoms with van der Waals surface area (Å²) >= 11 is 0. The fourth-order valence-corrected chi connectivity index (χ4v) is 4.00. The van der Waals surface area contributed by atoms with Crippen molar-refractivity contribution >= 4 is 11.6 Å². The Balaban J connectivity index is 1.25. The van der Waals surface area contributed by atoms with Gasteiger partial charge in [-0.1, -0.05) is 19.1 Å². The Hall–Kier alpha value is -2.77. The summed E-state index contributed by atoms with van der Waals surface area (Å²) in [6.07, 6.45) is 2.84. The number of benzene rings is 1. The normalized spacial score (nSPS) is 22.1. The number of Topliss-reactive ketones (excluding diaryl/α,β-unsaturated/α-hetero) is 1. The van der Waals surface area contributed by atoms with Crippen molar-refractivity contribution in [2.45, 2.75) is 50.6 Å². The van der Waals surface area contributed by atoms with Gasteiger partial charge in [0.15, 0.2) is 0 Å². The van der Waals surface area contributed by atoms with Gasteiger partial charge >= 0.3 is 0 Å². The predicted octanol–water partition coefficient (Wildman–Crippen LogP) is 5.20.